The van der Waals surface area contributed by atoms with Gasteiger partial charge < -0.3 is 10.4 Å². The molecule has 1 aromatic carbocycles. The molecule has 0 bridgehead atoms. The van der Waals surface area contributed by atoms with Crippen molar-refractivity contribution in [3.8, 4) is 0 Å². The predicted octanol–water partition coefficient (Wildman–Crippen LogP) is 4.03. The Bertz CT molecular complexity index is 663. The fourth-order valence-corrected chi connectivity index (χ4v) is 2.02. The lowest BCUT2D eigenvalue weighted by Crippen LogP contribution is -2.28. The molecule has 112 valence electrons. The predicted molar refractivity (Wildman–Crippen MR) is 85.8 cm³/mol. The van der Waals surface area contributed by atoms with E-state index in [4.69, 9.17) is 0 Å². The molecule has 0 amide bonds. The fourth-order valence-electron chi connectivity index (χ4n) is 2.02. The molecule has 0 aliphatic carbocycles. The number of nitrogens with one attached hydrogen (secondary N) is 1. The van der Waals surface area contributed by atoms with E-state index in [1.165, 1.54) is 6.20 Å². The Hall–Kier alpha value is -2.10. The van der Waals surface area contributed by atoms with Crippen LogP contribution >= 0.6 is 0 Å². The molecule has 2 N–H and O–H groups in total. The molecule has 4 nitrogen and oxygen atoms in total. The number of rotatable bonds is 5. The number of anilines is 1. The molecular formula is C17H22N2O2. The lowest BCUT2D eigenvalue weighted by atomic mass is 9.81. The van der Waals surface area contributed by atoms with Crippen molar-refractivity contribution in [2.24, 2.45) is 11.3 Å². The van der Waals surface area contributed by atoms with E-state index in [9.17, 15) is 9.90 Å². The largest absolute Gasteiger partial charge is 0.478 e. The molecule has 2 rings (SSSR count). The molecule has 1 aromatic heterocycles. The van der Waals surface area contributed by atoms with Crippen molar-refractivity contribution < 1.29 is 9.90 Å². The van der Waals surface area contributed by atoms with Gasteiger partial charge in [-0.05, 0) is 11.3 Å². The fraction of sp³-hybridized carbons (Fsp3) is 0.412. The van der Waals surface area contributed by atoms with E-state index in [-0.39, 0.29) is 11.0 Å². The van der Waals surface area contributed by atoms with Gasteiger partial charge in [-0.2, -0.15) is 0 Å². The first-order chi connectivity index (χ1) is 9.83. The van der Waals surface area contributed by atoms with Gasteiger partial charge in [0.25, 0.3) is 0 Å². The van der Waals surface area contributed by atoms with Crippen LogP contribution in [0.3, 0.4) is 0 Å². The summed E-state index contributed by atoms with van der Waals surface area (Å²) < 4.78 is 0. The van der Waals surface area contributed by atoms with Crippen LogP contribution in [0.2, 0.25) is 0 Å². The molecule has 21 heavy (non-hydrogen) atoms. The van der Waals surface area contributed by atoms with Crippen LogP contribution in [0.15, 0.2) is 30.5 Å². The highest BCUT2D eigenvalue weighted by atomic mass is 16.4. The van der Waals surface area contributed by atoms with Crippen LogP contribution in [0.4, 0.5) is 5.82 Å². The summed E-state index contributed by atoms with van der Waals surface area (Å²) in [6, 6.07) is 7.46. The molecule has 2 aromatic rings. The average molecular weight is 286 g/mol. The molecule has 1 heterocycles. The highest BCUT2D eigenvalue weighted by Gasteiger charge is 2.22. The number of hydrogen-bond donors (Lipinski definition) is 2. The Kier molecular flexibility index (Phi) is 4.16. The zero-order chi connectivity index (χ0) is 15.6. The maximum atomic E-state index is 11.3. The Morgan fingerprint density at radius 1 is 1.29 bits per heavy atom. The van der Waals surface area contributed by atoms with Crippen molar-refractivity contribution in [1.29, 1.82) is 0 Å². The number of hydrogen-bond acceptors (Lipinski definition) is 3. The minimum atomic E-state index is -0.951. The van der Waals surface area contributed by atoms with E-state index in [0.29, 0.717) is 11.3 Å². The SMILES string of the molecule is CC(C)C(C)(C)CNc1ncc(C(=O)O)c2ccccc12. The Labute approximate surface area is 125 Å². The van der Waals surface area contributed by atoms with Crippen LogP contribution in [0, 0.1) is 11.3 Å². The molecule has 0 saturated heterocycles. The third-order valence-corrected chi connectivity index (χ3v) is 4.30. The minimum Gasteiger partial charge on any atom is -0.478 e. The normalized spacial score (nSPS) is 11.9. The first-order valence-electron chi connectivity index (χ1n) is 7.18. The standard InChI is InChI=1S/C17H22N2O2/c1-11(2)17(3,4)10-19-15-13-8-6-5-7-12(13)14(9-18-15)16(20)21/h5-9,11H,10H2,1-4H3,(H,18,19)(H,20,21). The summed E-state index contributed by atoms with van der Waals surface area (Å²) in [4.78, 5) is 15.6. The Morgan fingerprint density at radius 2 is 1.90 bits per heavy atom. The van der Waals surface area contributed by atoms with Crippen molar-refractivity contribution in [3.05, 3.63) is 36.0 Å². The van der Waals surface area contributed by atoms with E-state index in [0.717, 1.165) is 17.7 Å². The summed E-state index contributed by atoms with van der Waals surface area (Å²) in [7, 11) is 0. The molecule has 0 fully saturated rings. The molecular weight excluding hydrogens is 264 g/mol. The van der Waals surface area contributed by atoms with E-state index in [1.54, 1.807) is 0 Å². The monoisotopic (exact) mass is 286 g/mol. The highest BCUT2D eigenvalue weighted by Crippen LogP contribution is 2.29. The summed E-state index contributed by atoms with van der Waals surface area (Å²) in [5.74, 6) is 0.326. The maximum absolute atomic E-state index is 11.3. The van der Waals surface area contributed by atoms with Crippen LogP contribution in [-0.4, -0.2) is 22.6 Å². The van der Waals surface area contributed by atoms with Gasteiger partial charge in [-0.25, -0.2) is 9.78 Å². The second-order valence-electron chi connectivity index (χ2n) is 6.37. The van der Waals surface area contributed by atoms with Gasteiger partial charge in [-0.1, -0.05) is 52.0 Å². The van der Waals surface area contributed by atoms with E-state index < -0.39 is 5.97 Å². The first-order valence-corrected chi connectivity index (χ1v) is 7.18. The number of carbonyl (C=O) groups is 1. The van der Waals surface area contributed by atoms with Crippen molar-refractivity contribution in [1.82, 2.24) is 4.98 Å². The summed E-state index contributed by atoms with van der Waals surface area (Å²) in [6.45, 7) is 9.59. The van der Waals surface area contributed by atoms with Gasteiger partial charge in [0.2, 0.25) is 0 Å². The second kappa shape index (κ2) is 5.72. The number of carboxylic acids is 1. The zero-order valence-electron chi connectivity index (χ0n) is 13.0. The average Bonchev–Trinajstić information content (AvgIpc) is 2.44. The van der Waals surface area contributed by atoms with E-state index in [1.807, 2.05) is 24.3 Å². The van der Waals surface area contributed by atoms with E-state index >= 15 is 0 Å². The van der Waals surface area contributed by atoms with Gasteiger partial charge in [-0.15, -0.1) is 0 Å². The summed E-state index contributed by atoms with van der Waals surface area (Å²) >= 11 is 0. The molecule has 0 spiro atoms. The number of carboxylic acid groups (broad SMARTS) is 1. The quantitative estimate of drug-likeness (QED) is 0.871. The summed E-state index contributed by atoms with van der Waals surface area (Å²) in [5.41, 5.74) is 0.369. The smallest absolute Gasteiger partial charge is 0.337 e. The minimum absolute atomic E-state index is 0.133. The lowest BCUT2D eigenvalue weighted by Gasteiger charge is -2.29. The zero-order valence-corrected chi connectivity index (χ0v) is 13.0. The number of fused-ring (bicyclic) bond motifs is 1. The van der Waals surface area contributed by atoms with Crippen molar-refractivity contribution >= 4 is 22.6 Å². The first kappa shape index (κ1) is 15.3. The highest BCUT2D eigenvalue weighted by molar-refractivity contribution is 6.06. The lowest BCUT2D eigenvalue weighted by molar-refractivity contribution is 0.0698. The van der Waals surface area contributed by atoms with Gasteiger partial charge in [0.05, 0.1) is 5.56 Å². The number of nitrogens with zero attached hydrogens (tertiary/aromatic N) is 1. The third-order valence-electron chi connectivity index (χ3n) is 4.30. The number of pyridine rings is 1. The van der Waals surface area contributed by atoms with Crippen molar-refractivity contribution in [3.63, 3.8) is 0 Å². The van der Waals surface area contributed by atoms with Crippen molar-refractivity contribution in [2.45, 2.75) is 27.7 Å². The summed E-state index contributed by atoms with van der Waals surface area (Å²) in [5, 5.41) is 14.2. The molecule has 0 unspecified atom stereocenters. The molecule has 0 radical (unpaired) electrons. The van der Waals surface area contributed by atoms with Gasteiger partial charge in [-0.3, -0.25) is 0 Å². The molecule has 0 aliphatic heterocycles. The van der Waals surface area contributed by atoms with Gasteiger partial charge >= 0.3 is 5.97 Å². The molecule has 4 heteroatoms. The number of benzene rings is 1. The number of aromatic carboxylic acids is 1. The van der Waals surface area contributed by atoms with Gasteiger partial charge in [0.15, 0.2) is 0 Å². The molecule has 0 saturated carbocycles. The topological polar surface area (TPSA) is 62.2 Å². The van der Waals surface area contributed by atoms with Crippen LogP contribution in [0.5, 0.6) is 0 Å². The third kappa shape index (κ3) is 3.15. The number of aromatic nitrogens is 1. The summed E-state index contributed by atoms with van der Waals surface area (Å²) in [6.07, 6.45) is 1.43. The molecule has 0 atom stereocenters. The Morgan fingerprint density at radius 3 is 2.48 bits per heavy atom. The Balaban J connectivity index is 2.38. The van der Waals surface area contributed by atoms with Crippen LogP contribution in [-0.2, 0) is 0 Å². The molecule has 0 aliphatic rings. The van der Waals surface area contributed by atoms with Crippen molar-refractivity contribution in [2.75, 3.05) is 11.9 Å². The van der Waals surface area contributed by atoms with E-state index in [2.05, 4.69) is 38.0 Å². The van der Waals surface area contributed by atoms with Gasteiger partial charge in [0, 0.05) is 23.5 Å². The van der Waals surface area contributed by atoms with Crippen LogP contribution < -0.4 is 5.32 Å². The van der Waals surface area contributed by atoms with Gasteiger partial charge in [0.1, 0.15) is 5.82 Å². The van der Waals surface area contributed by atoms with Crippen LogP contribution in [0.1, 0.15) is 38.1 Å². The van der Waals surface area contributed by atoms with Crippen LogP contribution in [0.25, 0.3) is 10.8 Å². The maximum Gasteiger partial charge on any atom is 0.337 e. The second-order valence-corrected chi connectivity index (χ2v) is 6.37.